The summed E-state index contributed by atoms with van der Waals surface area (Å²) in [5, 5.41) is 3.12. The number of halogens is 2. The molecule has 0 radical (unpaired) electrons. The van der Waals surface area contributed by atoms with E-state index in [9.17, 15) is 0 Å². The molecule has 1 aromatic heterocycles. The second-order valence-corrected chi connectivity index (χ2v) is 6.40. The fourth-order valence-electron chi connectivity index (χ4n) is 2.30. The summed E-state index contributed by atoms with van der Waals surface area (Å²) < 4.78 is 6.07. The molecule has 0 N–H and O–H groups in total. The molecule has 1 aliphatic rings. The molecule has 100 valence electrons. The molecule has 0 bridgehead atoms. The third-order valence-corrected chi connectivity index (χ3v) is 5.03. The van der Waals surface area contributed by atoms with Crippen LogP contribution in [0.5, 0.6) is 5.75 Å². The number of ether oxygens (including phenoxy) is 1. The highest BCUT2D eigenvalue weighted by Crippen LogP contribution is 2.38. The van der Waals surface area contributed by atoms with Gasteiger partial charge in [-0.05, 0) is 36.2 Å². The summed E-state index contributed by atoms with van der Waals surface area (Å²) >= 11 is 13.9. The Bertz CT molecular complexity index is 599. The van der Waals surface area contributed by atoms with Gasteiger partial charge in [-0.1, -0.05) is 29.3 Å². The Labute approximate surface area is 126 Å². The number of benzene rings is 1. The first-order chi connectivity index (χ1) is 9.15. The molecule has 0 saturated carbocycles. The summed E-state index contributed by atoms with van der Waals surface area (Å²) in [7, 11) is 2.09. The van der Waals surface area contributed by atoms with Gasteiger partial charge in [0.15, 0.2) is 0 Å². The van der Waals surface area contributed by atoms with Crippen LogP contribution in [-0.2, 0) is 6.54 Å². The number of fused-ring (bicyclic) bond motifs is 1. The smallest absolute Gasteiger partial charge is 0.146 e. The van der Waals surface area contributed by atoms with Gasteiger partial charge < -0.3 is 4.74 Å². The zero-order valence-corrected chi connectivity index (χ0v) is 12.7. The number of hydrogen-bond acceptors (Lipinski definition) is 3. The van der Waals surface area contributed by atoms with E-state index in [-0.39, 0.29) is 6.10 Å². The number of hydrogen-bond donors (Lipinski definition) is 0. The molecule has 1 aromatic carbocycles. The maximum absolute atomic E-state index is 6.18. The van der Waals surface area contributed by atoms with Crippen molar-refractivity contribution in [2.75, 3.05) is 13.6 Å². The van der Waals surface area contributed by atoms with Crippen molar-refractivity contribution in [3.63, 3.8) is 0 Å². The van der Waals surface area contributed by atoms with Crippen LogP contribution in [0.25, 0.3) is 0 Å². The van der Waals surface area contributed by atoms with Gasteiger partial charge >= 0.3 is 0 Å². The van der Waals surface area contributed by atoms with Crippen LogP contribution in [0.2, 0.25) is 10.0 Å². The van der Waals surface area contributed by atoms with Gasteiger partial charge in [-0.15, -0.1) is 11.3 Å². The summed E-state index contributed by atoms with van der Waals surface area (Å²) in [6, 6.07) is 7.63. The Hall–Kier alpha value is -0.740. The highest BCUT2D eigenvalue weighted by atomic mass is 35.5. The minimum absolute atomic E-state index is 0.0183. The van der Waals surface area contributed by atoms with Crippen molar-refractivity contribution in [1.29, 1.82) is 0 Å². The standard InChI is InChI=1S/C14H13Cl2NOS/c1-17-7-9-5-6-19-14(9)12(8-17)18-11-4-2-3-10(15)13(11)16/h2-6,12H,7-8H2,1H3. The van der Waals surface area contributed by atoms with E-state index in [1.807, 2.05) is 12.1 Å². The molecule has 5 heteroatoms. The molecule has 2 heterocycles. The second kappa shape index (κ2) is 5.33. The molecule has 1 unspecified atom stereocenters. The summed E-state index contributed by atoms with van der Waals surface area (Å²) in [5.41, 5.74) is 1.34. The molecule has 0 fully saturated rings. The van der Waals surface area contributed by atoms with Crippen LogP contribution < -0.4 is 4.74 Å². The van der Waals surface area contributed by atoms with Gasteiger partial charge in [-0.3, -0.25) is 4.90 Å². The zero-order chi connectivity index (χ0) is 13.4. The highest BCUT2D eigenvalue weighted by Gasteiger charge is 2.26. The van der Waals surface area contributed by atoms with Gasteiger partial charge in [-0.25, -0.2) is 0 Å². The van der Waals surface area contributed by atoms with Crippen LogP contribution in [0.15, 0.2) is 29.6 Å². The third kappa shape index (κ3) is 2.61. The van der Waals surface area contributed by atoms with Crippen molar-refractivity contribution in [2.45, 2.75) is 12.6 Å². The molecular weight excluding hydrogens is 301 g/mol. The molecule has 0 aliphatic carbocycles. The lowest BCUT2D eigenvalue weighted by atomic mass is 10.1. The van der Waals surface area contributed by atoms with E-state index in [1.165, 1.54) is 10.4 Å². The number of likely N-dealkylation sites (N-methyl/N-ethyl adjacent to an activating group) is 1. The molecule has 2 aromatic rings. The van der Waals surface area contributed by atoms with Gasteiger partial charge in [0.1, 0.15) is 16.9 Å². The number of nitrogens with zero attached hydrogens (tertiary/aromatic N) is 1. The molecule has 3 rings (SSSR count). The predicted octanol–water partition coefficient (Wildman–Crippen LogP) is 4.62. The Morgan fingerprint density at radius 3 is 3.00 bits per heavy atom. The molecular formula is C14H13Cl2NOS. The lowest BCUT2D eigenvalue weighted by Crippen LogP contribution is -2.31. The van der Waals surface area contributed by atoms with Crippen molar-refractivity contribution in [3.8, 4) is 5.75 Å². The average Bonchev–Trinajstić information content (AvgIpc) is 2.83. The third-order valence-electron chi connectivity index (χ3n) is 3.18. The van der Waals surface area contributed by atoms with E-state index in [0.29, 0.717) is 15.8 Å². The summed E-state index contributed by atoms with van der Waals surface area (Å²) in [4.78, 5) is 3.53. The van der Waals surface area contributed by atoms with Gasteiger partial charge in [-0.2, -0.15) is 0 Å². The Morgan fingerprint density at radius 1 is 1.32 bits per heavy atom. The molecule has 0 saturated heterocycles. The van der Waals surface area contributed by atoms with Gasteiger partial charge in [0.05, 0.1) is 9.90 Å². The molecule has 19 heavy (non-hydrogen) atoms. The Morgan fingerprint density at radius 2 is 2.16 bits per heavy atom. The Balaban J connectivity index is 1.90. The number of thiophene rings is 1. The maximum Gasteiger partial charge on any atom is 0.146 e. The number of rotatable bonds is 2. The Kier molecular flexibility index (Phi) is 3.72. The van der Waals surface area contributed by atoms with E-state index in [1.54, 1.807) is 17.4 Å². The van der Waals surface area contributed by atoms with Crippen LogP contribution >= 0.6 is 34.5 Å². The van der Waals surface area contributed by atoms with Gasteiger partial charge in [0, 0.05) is 13.1 Å². The monoisotopic (exact) mass is 313 g/mol. The van der Waals surface area contributed by atoms with Crippen LogP contribution in [0.1, 0.15) is 16.5 Å². The molecule has 0 spiro atoms. The first kappa shape index (κ1) is 13.3. The first-order valence-electron chi connectivity index (χ1n) is 6.00. The normalized spacial score (nSPS) is 19.2. The first-order valence-corrected chi connectivity index (χ1v) is 7.64. The molecule has 1 aliphatic heterocycles. The predicted molar refractivity (Wildman–Crippen MR) is 80.5 cm³/mol. The fourth-order valence-corrected chi connectivity index (χ4v) is 3.57. The molecule has 1 atom stereocenters. The average molecular weight is 314 g/mol. The van der Waals surface area contributed by atoms with Gasteiger partial charge in [0.2, 0.25) is 0 Å². The highest BCUT2D eigenvalue weighted by molar-refractivity contribution is 7.10. The quantitative estimate of drug-likeness (QED) is 0.802. The van der Waals surface area contributed by atoms with Gasteiger partial charge in [0.25, 0.3) is 0 Å². The summed E-state index contributed by atoms with van der Waals surface area (Å²) in [6.07, 6.45) is 0.0183. The molecule has 2 nitrogen and oxygen atoms in total. The zero-order valence-electron chi connectivity index (χ0n) is 10.4. The van der Waals surface area contributed by atoms with Crippen LogP contribution in [0.3, 0.4) is 0 Å². The summed E-state index contributed by atoms with van der Waals surface area (Å²) in [6.45, 7) is 1.83. The van der Waals surface area contributed by atoms with Crippen molar-refractivity contribution < 1.29 is 4.74 Å². The van der Waals surface area contributed by atoms with E-state index in [0.717, 1.165) is 13.1 Å². The topological polar surface area (TPSA) is 12.5 Å². The molecule has 0 amide bonds. The lowest BCUT2D eigenvalue weighted by Gasteiger charge is -2.30. The minimum Gasteiger partial charge on any atom is -0.482 e. The van der Waals surface area contributed by atoms with E-state index in [4.69, 9.17) is 27.9 Å². The van der Waals surface area contributed by atoms with E-state index in [2.05, 4.69) is 23.4 Å². The van der Waals surface area contributed by atoms with Crippen LogP contribution in [-0.4, -0.2) is 18.5 Å². The maximum atomic E-state index is 6.18. The summed E-state index contributed by atoms with van der Waals surface area (Å²) in [5.74, 6) is 0.647. The second-order valence-electron chi connectivity index (χ2n) is 4.67. The minimum atomic E-state index is 0.0183. The SMILES string of the molecule is CN1Cc2ccsc2C(Oc2cccc(Cl)c2Cl)C1. The van der Waals surface area contributed by atoms with Crippen molar-refractivity contribution in [1.82, 2.24) is 4.90 Å². The largest absolute Gasteiger partial charge is 0.482 e. The van der Waals surface area contributed by atoms with Crippen molar-refractivity contribution in [2.24, 2.45) is 0 Å². The van der Waals surface area contributed by atoms with Crippen LogP contribution in [0, 0.1) is 0 Å². The fraction of sp³-hybridized carbons (Fsp3) is 0.286. The van der Waals surface area contributed by atoms with E-state index < -0.39 is 0 Å². The van der Waals surface area contributed by atoms with Crippen molar-refractivity contribution >= 4 is 34.5 Å². The van der Waals surface area contributed by atoms with Crippen LogP contribution in [0.4, 0.5) is 0 Å². The van der Waals surface area contributed by atoms with Crippen molar-refractivity contribution in [3.05, 3.63) is 50.1 Å². The van der Waals surface area contributed by atoms with E-state index >= 15 is 0 Å². The lowest BCUT2D eigenvalue weighted by molar-refractivity contribution is 0.132.